The van der Waals surface area contributed by atoms with Crippen LogP contribution in [0.25, 0.3) is 6.08 Å². The monoisotopic (exact) mass is 489 g/mol. The van der Waals surface area contributed by atoms with Crippen molar-refractivity contribution in [1.82, 2.24) is 10.6 Å². The Morgan fingerprint density at radius 2 is 1.81 bits per heavy atom. The summed E-state index contributed by atoms with van der Waals surface area (Å²) < 4.78 is 0.494. The lowest BCUT2D eigenvalue weighted by atomic mass is 10.0. The van der Waals surface area contributed by atoms with Crippen LogP contribution in [0, 0.1) is 16.0 Å². The predicted molar refractivity (Wildman–Crippen MR) is 117 cm³/mol. The highest BCUT2D eigenvalue weighted by Gasteiger charge is 2.26. The first-order valence-corrected chi connectivity index (χ1v) is 9.95. The number of rotatable bonds is 8. The van der Waals surface area contributed by atoms with Gasteiger partial charge in [-0.1, -0.05) is 38.1 Å². The van der Waals surface area contributed by atoms with Crippen molar-refractivity contribution in [2.45, 2.75) is 19.9 Å². The number of benzene rings is 2. The van der Waals surface area contributed by atoms with E-state index in [2.05, 4.69) is 26.6 Å². The molecule has 0 saturated carbocycles. The number of non-ortho nitro benzene ring substituents is 1. The van der Waals surface area contributed by atoms with Crippen molar-refractivity contribution in [3.8, 4) is 0 Å². The minimum absolute atomic E-state index is 0.198. The molecular weight excluding hydrogens is 470 g/mol. The Kier molecular flexibility index (Phi) is 8.03. The van der Waals surface area contributed by atoms with Gasteiger partial charge in [0.1, 0.15) is 11.7 Å². The zero-order valence-electron chi connectivity index (χ0n) is 16.7. The SMILES string of the molecule is CC(C)C(NC(=O)/C(=C\c1cccc([N+](=O)[O-])c1)NC(=O)c1ccccc1Br)C(=O)O. The number of carbonyl (C=O) groups is 3. The van der Waals surface area contributed by atoms with E-state index in [4.69, 9.17) is 0 Å². The molecule has 0 radical (unpaired) electrons. The third kappa shape index (κ3) is 6.48. The molecule has 0 aliphatic carbocycles. The van der Waals surface area contributed by atoms with Gasteiger partial charge in [-0.15, -0.1) is 0 Å². The van der Waals surface area contributed by atoms with Gasteiger partial charge in [0.05, 0.1) is 10.5 Å². The molecule has 0 bridgehead atoms. The highest BCUT2D eigenvalue weighted by Crippen LogP contribution is 2.18. The van der Waals surface area contributed by atoms with Crippen LogP contribution in [0.4, 0.5) is 5.69 Å². The molecule has 1 atom stereocenters. The van der Waals surface area contributed by atoms with Gasteiger partial charge in [0.25, 0.3) is 17.5 Å². The van der Waals surface area contributed by atoms with Gasteiger partial charge in [0.15, 0.2) is 0 Å². The Labute approximate surface area is 186 Å². The van der Waals surface area contributed by atoms with Gasteiger partial charge in [-0.3, -0.25) is 19.7 Å². The van der Waals surface area contributed by atoms with Crippen molar-refractivity contribution in [3.63, 3.8) is 0 Å². The van der Waals surface area contributed by atoms with E-state index in [-0.39, 0.29) is 22.5 Å². The number of amides is 2. The van der Waals surface area contributed by atoms with E-state index in [1.54, 1.807) is 32.0 Å². The molecule has 31 heavy (non-hydrogen) atoms. The van der Waals surface area contributed by atoms with E-state index in [1.165, 1.54) is 36.4 Å². The van der Waals surface area contributed by atoms with Gasteiger partial charge in [0.2, 0.25) is 0 Å². The molecule has 10 heteroatoms. The summed E-state index contributed by atoms with van der Waals surface area (Å²) in [6, 6.07) is 10.8. The first-order chi connectivity index (χ1) is 14.6. The third-order valence-corrected chi connectivity index (χ3v) is 4.91. The van der Waals surface area contributed by atoms with Crippen molar-refractivity contribution in [1.29, 1.82) is 0 Å². The summed E-state index contributed by atoms with van der Waals surface area (Å²) in [5.74, 6) is -3.10. The molecule has 3 N–H and O–H groups in total. The van der Waals surface area contributed by atoms with Crippen molar-refractivity contribution in [2.24, 2.45) is 5.92 Å². The Hall–Kier alpha value is -3.53. The summed E-state index contributed by atoms with van der Waals surface area (Å²) in [7, 11) is 0. The molecule has 0 fully saturated rings. The van der Waals surface area contributed by atoms with Crippen LogP contribution in [0.3, 0.4) is 0 Å². The van der Waals surface area contributed by atoms with Crippen LogP contribution >= 0.6 is 15.9 Å². The predicted octanol–water partition coefficient (Wildman–Crippen LogP) is 3.35. The molecule has 0 aliphatic heterocycles. The lowest BCUT2D eigenvalue weighted by Crippen LogP contribution is -2.47. The van der Waals surface area contributed by atoms with E-state index in [9.17, 15) is 29.6 Å². The zero-order valence-corrected chi connectivity index (χ0v) is 18.3. The number of carbonyl (C=O) groups excluding carboxylic acids is 2. The standard InChI is InChI=1S/C21H20BrN3O6/c1-12(2)18(21(28)29)24-20(27)17(11-13-6-5-7-14(10-13)25(30)31)23-19(26)15-8-3-4-9-16(15)22/h3-12,18H,1-2H3,(H,23,26)(H,24,27)(H,28,29)/b17-11+. The van der Waals surface area contributed by atoms with Crippen LogP contribution in [0.15, 0.2) is 58.7 Å². The van der Waals surface area contributed by atoms with Crippen LogP contribution in [-0.4, -0.2) is 33.9 Å². The lowest BCUT2D eigenvalue weighted by molar-refractivity contribution is -0.384. The number of carboxylic acids is 1. The topological polar surface area (TPSA) is 139 Å². The lowest BCUT2D eigenvalue weighted by Gasteiger charge is -2.19. The van der Waals surface area contributed by atoms with Crippen molar-refractivity contribution >= 4 is 45.5 Å². The zero-order chi connectivity index (χ0) is 23.1. The fraction of sp³-hybridized carbons (Fsp3) is 0.190. The Bertz CT molecular complexity index is 1050. The number of nitro benzene ring substituents is 1. The summed E-state index contributed by atoms with van der Waals surface area (Å²) in [4.78, 5) is 47.5. The van der Waals surface area contributed by atoms with Crippen molar-refractivity contribution in [3.05, 3.63) is 79.9 Å². The molecule has 0 saturated heterocycles. The maximum absolute atomic E-state index is 12.8. The van der Waals surface area contributed by atoms with E-state index >= 15 is 0 Å². The summed E-state index contributed by atoms with van der Waals surface area (Å²) in [5, 5.41) is 25.2. The fourth-order valence-electron chi connectivity index (χ4n) is 2.62. The summed E-state index contributed by atoms with van der Waals surface area (Å²) in [6.07, 6.45) is 1.25. The first kappa shape index (κ1) is 23.7. The first-order valence-electron chi connectivity index (χ1n) is 9.16. The number of nitrogens with one attached hydrogen (secondary N) is 2. The number of hydrogen-bond donors (Lipinski definition) is 3. The molecule has 2 aromatic rings. The Morgan fingerprint density at radius 1 is 1.13 bits per heavy atom. The van der Waals surface area contributed by atoms with Gasteiger partial charge in [-0.2, -0.15) is 0 Å². The molecule has 162 valence electrons. The number of carboxylic acid groups (broad SMARTS) is 1. The largest absolute Gasteiger partial charge is 0.480 e. The molecule has 2 rings (SSSR count). The van der Waals surface area contributed by atoms with E-state index in [1.807, 2.05) is 0 Å². The Balaban J connectivity index is 2.43. The normalized spacial score (nSPS) is 12.2. The average Bonchev–Trinajstić information content (AvgIpc) is 2.71. The summed E-state index contributed by atoms with van der Waals surface area (Å²) in [6.45, 7) is 3.26. The van der Waals surface area contributed by atoms with Gasteiger partial charge in [0, 0.05) is 16.6 Å². The molecule has 0 aliphatic rings. The summed E-state index contributed by atoms with van der Waals surface area (Å²) >= 11 is 3.26. The quantitative estimate of drug-likeness (QED) is 0.295. The van der Waals surface area contributed by atoms with E-state index < -0.39 is 34.7 Å². The molecule has 2 amide bonds. The number of nitrogens with zero attached hydrogens (tertiary/aromatic N) is 1. The van der Waals surface area contributed by atoms with Crippen LogP contribution in [0.5, 0.6) is 0 Å². The average molecular weight is 490 g/mol. The highest BCUT2D eigenvalue weighted by molar-refractivity contribution is 9.10. The Morgan fingerprint density at radius 3 is 2.39 bits per heavy atom. The smallest absolute Gasteiger partial charge is 0.326 e. The van der Waals surface area contributed by atoms with Gasteiger partial charge >= 0.3 is 5.97 Å². The molecule has 0 spiro atoms. The maximum Gasteiger partial charge on any atom is 0.326 e. The summed E-state index contributed by atoms with van der Waals surface area (Å²) in [5.41, 5.74) is 0.0754. The second-order valence-electron chi connectivity index (χ2n) is 6.88. The fourth-order valence-corrected chi connectivity index (χ4v) is 3.09. The van der Waals surface area contributed by atoms with Crippen LogP contribution in [0.2, 0.25) is 0 Å². The molecule has 0 aromatic heterocycles. The van der Waals surface area contributed by atoms with Crippen LogP contribution < -0.4 is 10.6 Å². The molecule has 0 heterocycles. The van der Waals surface area contributed by atoms with Crippen LogP contribution in [0.1, 0.15) is 29.8 Å². The second kappa shape index (κ2) is 10.5. The minimum atomic E-state index is -1.23. The minimum Gasteiger partial charge on any atom is -0.480 e. The molecule has 1 unspecified atom stereocenters. The van der Waals surface area contributed by atoms with Crippen LogP contribution in [-0.2, 0) is 9.59 Å². The van der Waals surface area contributed by atoms with Crippen molar-refractivity contribution in [2.75, 3.05) is 0 Å². The second-order valence-corrected chi connectivity index (χ2v) is 7.73. The van der Waals surface area contributed by atoms with E-state index in [0.717, 1.165) is 0 Å². The number of hydrogen-bond acceptors (Lipinski definition) is 5. The van der Waals surface area contributed by atoms with Gasteiger partial charge < -0.3 is 15.7 Å². The van der Waals surface area contributed by atoms with Gasteiger partial charge in [-0.05, 0) is 45.6 Å². The van der Waals surface area contributed by atoms with E-state index in [0.29, 0.717) is 4.47 Å². The number of nitro groups is 1. The third-order valence-electron chi connectivity index (χ3n) is 4.22. The maximum atomic E-state index is 12.8. The number of aliphatic carboxylic acids is 1. The van der Waals surface area contributed by atoms with Crippen molar-refractivity contribution < 1.29 is 24.4 Å². The molecule has 2 aromatic carbocycles. The number of halogens is 1. The van der Waals surface area contributed by atoms with Gasteiger partial charge in [-0.25, -0.2) is 4.79 Å². The highest BCUT2D eigenvalue weighted by atomic mass is 79.9. The molecule has 9 nitrogen and oxygen atoms in total. The molecular formula is C21H20BrN3O6.